The minimum atomic E-state index is -0.812. The summed E-state index contributed by atoms with van der Waals surface area (Å²) < 4.78 is 5.95. The molecule has 0 fully saturated rings. The monoisotopic (exact) mass is 347 g/mol. The van der Waals surface area contributed by atoms with Crippen molar-refractivity contribution in [2.45, 2.75) is 12.8 Å². The van der Waals surface area contributed by atoms with E-state index in [0.717, 1.165) is 22.0 Å². The van der Waals surface area contributed by atoms with Crippen molar-refractivity contribution in [3.8, 4) is 11.4 Å². The molecule has 26 heavy (non-hydrogen) atoms. The van der Waals surface area contributed by atoms with Crippen molar-refractivity contribution < 1.29 is 14.3 Å². The molecule has 0 saturated heterocycles. The summed E-state index contributed by atoms with van der Waals surface area (Å²) in [5, 5.41) is 12.9. The van der Waals surface area contributed by atoms with Crippen molar-refractivity contribution in [3.63, 3.8) is 0 Å². The Morgan fingerprint density at radius 2 is 1.81 bits per heavy atom. The van der Waals surface area contributed by atoms with Crippen LogP contribution in [-0.4, -0.2) is 27.6 Å². The number of carbonyl (C=O) groups is 1. The summed E-state index contributed by atoms with van der Waals surface area (Å²) in [5.41, 5.74) is 2.99. The summed E-state index contributed by atoms with van der Waals surface area (Å²) in [4.78, 5) is 20.0. The van der Waals surface area contributed by atoms with Crippen LogP contribution in [0.2, 0.25) is 0 Å². The molecule has 6 heteroatoms. The van der Waals surface area contributed by atoms with Crippen molar-refractivity contribution in [2.24, 2.45) is 0 Å². The van der Waals surface area contributed by atoms with Gasteiger partial charge in [0.15, 0.2) is 17.2 Å². The number of hydrogen-bond acceptors (Lipinski definition) is 5. The Balaban J connectivity index is 1.80. The first-order valence-electron chi connectivity index (χ1n) is 8.43. The van der Waals surface area contributed by atoms with Crippen LogP contribution in [0.15, 0.2) is 59.0 Å². The Morgan fingerprint density at radius 1 is 1.04 bits per heavy atom. The molecule has 0 amide bonds. The first-order chi connectivity index (χ1) is 12.7. The maximum atomic E-state index is 10.7. The summed E-state index contributed by atoms with van der Waals surface area (Å²) in [6.07, 6.45) is 0.606. The van der Waals surface area contributed by atoms with E-state index in [9.17, 15) is 4.79 Å². The third-order valence-electron chi connectivity index (χ3n) is 4.11. The van der Waals surface area contributed by atoms with Crippen molar-refractivity contribution >= 4 is 33.9 Å². The van der Waals surface area contributed by atoms with Gasteiger partial charge in [-0.25, -0.2) is 9.97 Å². The highest BCUT2D eigenvalue weighted by molar-refractivity contribution is 6.06. The molecular weight excluding hydrogens is 330 g/mol. The van der Waals surface area contributed by atoms with Gasteiger partial charge in [0.05, 0.1) is 0 Å². The molecule has 0 atom stereocenters. The minimum absolute atomic E-state index is 0.104. The van der Waals surface area contributed by atoms with Crippen LogP contribution in [0.5, 0.6) is 0 Å². The predicted molar refractivity (Wildman–Crippen MR) is 100 cm³/mol. The fourth-order valence-electron chi connectivity index (χ4n) is 2.87. The number of fused-ring (bicyclic) bond motifs is 3. The molecule has 130 valence electrons. The SMILES string of the molecule is O=C(O)CCCNc1nc(-c2ccccc2)nc2c1oc1ccccc12. The van der Waals surface area contributed by atoms with Crippen molar-refractivity contribution in [3.05, 3.63) is 54.6 Å². The first kappa shape index (κ1) is 16.1. The smallest absolute Gasteiger partial charge is 0.303 e. The number of carboxylic acid groups (broad SMARTS) is 1. The quantitative estimate of drug-likeness (QED) is 0.505. The zero-order chi connectivity index (χ0) is 17.9. The highest BCUT2D eigenvalue weighted by Gasteiger charge is 2.16. The molecule has 2 aromatic heterocycles. The van der Waals surface area contributed by atoms with Crippen LogP contribution in [0.1, 0.15) is 12.8 Å². The van der Waals surface area contributed by atoms with E-state index in [0.29, 0.717) is 30.2 Å². The van der Waals surface area contributed by atoms with E-state index in [2.05, 4.69) is 10.3 Å². The van der Waals surface area contributed by atoms with Gasteiger partial charge in [0, 0.05) is 23.9 Å². The first-order valence-corrected chi connectivity index (χ1v) is 8.43. The molecule has 2 heterocycles. The Labute approximate surface area is 149 Å². The lowest BCUT2D eigenvalue weighted by Crippen LogP contribution is -2.07. The minimum Gasteiger partial charge on any atom is -0.481 e. The molecule has 2 aromatic carbocycles. The number of para-hydroxylation sites is 1. The van der Waals surface area contributed by atoms with Gasteiger partial charge in [-0.3, -0.25) is 4.79 Å². The van der Waals surface area contributed by atoms with Crippen molar-refractivity contribution in [1.29, 1.82) is 0 Å². The molecule has 0 unspecified atom stereocenters. The summed E-state index contributed by atoms with van der Waals surface area (Å²) in [7, 11) is 0. The molecular formula is C20H17N3O3. The molecule has 0 saturated carbocycles. The second-order valence-corrected chi connectivity index (χ2v) is 5.96. The molecule has 4 rings (SSSR count). The predicted octanol–water partition coefficient (Wildman–Crippen LogP) is 4.32. The molecule has 0 radical (unpaired) electrons. The Kier molecular flexibility index (Phi) is 4.23. The summed E-state index contributed by atoms with van der Waals surface area (Å²) in [5.74, 6) is 0.370. The molecule has 0 spiro atoms. The standard InChI is InChI=1S/C20H17N3O3/c24-16(25)11-6-12-21-20-18-17(14-9-4-5-10-15(14)26-18)22-19(23-20)13-7-2-1-3-8-13/h1-5,7-10H,6,11-12H2,(H,24,25)(H,21,22,23). The summed E-state index contributed by atoms with van der Waals surface area (Å²) >= 11 is 0. The molecule has 0 bridgehead atoms. The third kappa shape index (κ3) is 3.09. The van der Waals surface area contributed by atoms with Gasteiger partial charge >= 0.3 is 5.97 Å². The van der Waals surface area contributed by atoms with E-state index in [-0.39, 0.29) is 6.42 Å². The normalized spacial score (nSPS) is 11.1. The number of nitrogens with one attached hydrogen (secondary N) is 1. The van der Waals surface area contributed by atoms with Crippen LogP contribution in [0.3, 0.4) is 0 Å². The van der Waals surface area contributed by atoms with Gasteiger partial charge < -0.3 is 14.8 Å². The van der Waals surface area contributed by atoms with Gasteiger partial charge in [-0.15, -0.1) is 0 Å². The number of aliphatic carboxylic acids is 1. The van der Waals surface area contributed by atoms with Crippen LogP contribution in [0, 0.1) is 0 Å². The van der Waals surface area contributed by atoms with Gasteiger partial charge in [-0.2, -0.15) is 0 Å². The number of carboxylic acids is 1. The summed E-state index contributed by atoms with van der Waals surface area (Å²) in [6, 6.07) is 17.5. The number of hydrogen-bond donors (Lipinski definition) is 2. The summed E-state index contributed by atoms with van der Waals surface area (Å²) in [6.45, 7) is 0.490. The van der Waals surface area contributed by atoms with Crippen molar-refractivity contribution in [1.82, 2.24) is 9.97 Å². The average molecular weight is 347 g/mol. The molecule has 2 N–H and O–H groups in total. The van der Waals surface area contributed by atoms with Crippen LogP contribution < -0.4 is 5.32 Å². The number of benzene rings is 2. The lowest BCUT2D eigenvalue weighted by Gasteiger charge is -2.07. The Hall–Kier alpha value is -3.41. The number of furan rings is 1. The van der Waals surface area contributed by atoms with E-state index in [1.165, 1.54) is 0 Å². The third-order valence-corrected chi connectivity index (χ3v) is 4.11. The largest absolute Gasteiger partial charge is 0.481 e. The van der Waals surface area contributed by atoms with E-state index in [1.54, 1.807) is 0 Å². The molecule has 0 aliphatic heterocycles. The van der Waals surface area contributed by atoms with Crippen LogP contribution in [-0.2, 0) is 4.79 Å². The highest BCUT2D eigenvalue weighted by atomic mass is 16.4. The number of rotatable bonds is 6. The van der Waals surface area contributed by atoms with E-state index in [1.807, 2.05) is 54.6 Å². The fraction of sp³-hybridized carbons (Fsp3) is 0.150. The Bertz CT molecular complexity index is 1070. The number of aromatic nitrogens is 2. The van der Waals surface area contributed by atoms with Gasteiger partial charge in [-0.05, 0) is 18.6 Å². The average Bonchev–Trinajstić information content (AvgIpc) is 3.04. The fourth-order valence-corrected chi connectivity index (χ4v) is 2.87. The number of anilines is 1. The molecule has 0 aliphatic rings. The van der Waals surface area contributed by atoms with E-state index in [4.69, 9.17) is 14.5 Å². The number of nitrogens with zero attached hydrogens (tertiary/aromatic N) is 2. The van der Waals surface area contributed by atoms with Crippen molar-refractivity contribution in [2.75, 3.05) is 11.9 Å². The van der Waals surface area contributed by atoms with E-state index >= 15 is 0 Å². The van der Waals surface area contributed by atoms with Crippen LogP contribution in [0.4, 0.5) is 5.82 Å². The lowest BCUT2D eigenvalue weighted by molar-refractivity contribution is -0.137. The van der Waals surface area contributed by atoms with Crippen LogP contribution in [0.25, 0.3) is 33.5 Å². The van der Waals surface area contributed by atoms with Gasteiger partial charge in [0.1, 0.15) is 11.1 Å². The molecule has 4 aromatic rings. The molecule has 6 nitrogen and oxygen atoms in total. The highest BCUT2D eigenvalue weighted by Crippen LogP contribution is 2.33. The second kappa shape index (κ2) is 6.84. The van der Waals surface area contributed by atoms with Gasteiger partial charge in [0.25, 0.3) is 0 Å². The van der Waals surface area contributed by atoms with E-state index < -0.39 is 5.97 Å². The van der Waals surface area contributed by atoms with Gasteiger partial charge in [0.2, 0.25) is 0 Å². The maximum absolute atomic E-state index is 10.7. The van der Waals surface area contributed by atoms with Crippen LogP contribution >= 0.6 is 0 Å². The second-order valence-electron chi connectivity index (χ2n) is 5.96. The molecule has 0 aliphatic carbocycles. The zero-order valence-electron chi connectivity index (χ0n) is 14.0. The maximum Gasteiger partial charge on any atom is 0.303 e. The topological polar surface area (TPSA) is 88.2 Å². The Morgan fingerprint density at radius 3 is 2.62 bits per heavy atom. The van der Waals surface area contributed by atoms with Gasteiger partial charge in [-0.1, -0.05) is 42.5 Å². The lowest BCUT2D eigenvalue weighted by atomic mass is 10.2. The zero-order valence-corrected chi connectivity index (χ0v) is 14.0.